The molecule has 0 spiro atoms. The minimum atomic E-state index is -4.35. The van der Waals surface area contributed by atoms with Gasteiger partial charge in [0.1, 0.15) is 0 Å². The van der Waals surface area contributed by atoms with Crippen LogP contribution in [0.2, 0.25) is 0 Å². The van der Waals surface area contributed by atoms with Crippen LogP contribution in [0.5, 0.6) is 0 Å². The Balaban J connectivity index is 3.94. The Morgan fingerprint density at radius 1 is 1.38 bits per heavy atom. The molecule has 0 rings (SSSR count). The summed E-state index contributed by atoms with van der Waals surface area (Å²) in [6.45, 7) is 3.79. The van der Waals surface area contributed by atoms with Gasteiger partial charge < -0.3 is 5.73 Å². The van der Waals surface area contributed by atoms with Crippen molar-refractivity contribution < 1.29 is 17.2 Å². The summed E-state index contributed by atoms with van der Waals surface area (Å²) in [6, 6.07) is 0. The monoisotopic (exact) mass is 211 g/mol. The lowest BCUT2D eigenvalue weighted by molar-refractivity contribution is 0.0881. The second-order valence-electron chi connectivity index (χ2n) is 3.52. The van der Waals surface area contributed by atoms with Crippen LogP contribution in [-0.4, -0.2) is 25.1 Å². The molecule has 0 aromatic heterocycles. The van der Waals surface area contributed by atoms with Gasteiger partial charge in [-0.05, 0) is 39.7 Å². The van der Waals surface area contributed by atoms with Crippen LogP contribution in [0.15, 0.2) is 0 Å². The van der Waals surface area contributed by atoms with Gasteiger partial charge in [-0.25, -0.2) is 4.18 Å². The molecule has 0 amide bonds. The topological polar surface area (TPSA) is 89.6 Å². The minimum Gasteiger partial charge on any atom is -0.330 e. The predicted octanol–water partition coefficient (Wildman–Crippen LogP) is 0.713. The van der Waals surface area contributed by atoms with Gasteiger partial charge in [-0.3, -0.25) is 4.55 Å². The second-order valence-corrected chi connectivity index (χ2v) is 4.54. The highest BCUT2D eigenvalue weighted by Gasteiger charge is 2.24. The molecule has 0 atom stereocenters. The molecule has 0 saturated heterocycles. The molecule has 80 valence electrons. The highest BCUT2D eigenvalue weighted by Crippen LogP contribution is 2.19. The summed E-state index contributed by atoms with van der Waals surface area (Å²) in [4.78, 5) is 0. The lowest BCUT2D eigenvalue weighted by Gasteiger charge is -2.22. The van der Waals surface area contributed by atoms with Gasteiger partial charge in [0, 0.05) is 0 Å². The van der Waals surface area contributed by atoms with Gasteiger partial charge in [0.05, 0.1) is 5.60 Å². The smallest absolute Gasteiger partial charge is 0.330 e. The molecule has 0 heterocycles. The molecule has 0 unspecified atom stereocenters. The zero-order valence-corrected chi connectivity index (χ0v) is 8.80. The molecule has 0 bridgehead atoms. The van der Waals surface area contributed by atoms with E-state index < -0.39 is 16.0 Å². The second kappa shape index (κ2) is 4.90. The van der Waals surface area contributed by atoms with E-state index in [0.29, 0.717) is 13.0 Å². The molecule has 5 nitrogen and oxygen atoms in total. The third-order valence-corrected chi connectivity index (χ3v) is 2.23. The van der Waals surface area contributed by atoms with Gasteiger partial charge >= 0.3 is 10.4 Å². The maximum absolute atomic E-state index is 10.4. The molecule has 0 aromatic carbocycles. The van der Waals surface area contributed by atoms with Crippen molar-refractivity contribution in [1.29, 1.82) is 0 Å². The SMILES string of the molecule is CC(C)(CCCCN)OS(=O)(=O)O. The van der Waals surface area contributed by atoms with Crippen molar-refractivity contribution in [3.8, 4) is 0 Å². The molecular formula is C7H17NO4S. The standard InChI is InChI=1S/C7H17NO4S/c1-7(2,5-3-4-6-8)12-13(9,10)11/h3-6,8H2,1-2H3,(H,9,10,11). The lowest BCUT2D eigenvalue weighted by atomic mass is 10.0. The fourth-order valence-corrected chi connectivity index (χ4v) is 1.68. The van der Waals surface area contributed by atoms with Crippen LogP contribution in [0.4, 0.5) is 0 Å². The van der Waals surface area contributed by atoms with E-state index in [9.17, 15) is 8.42 Å². The molecule has 0 aromatic rings. The van der Waals surface area contributed by atoms with Crippen LogP contribution in [0.3, 0.4) is 0 Å². The summed E-state index contributed by atoms with van der Waals surface area (Å²) in [5.74, 6) is 0. The summed E-state index contributed by atoms with van der Waals surface area (Å²) >= 11 is 0. The highest BCUT2D eigenvalue weighted by atomic mass is 32.3. The van der Waals surface area contributed by atoms with E-state index in [0.717, 1.165) is 12.8 Å². The van der Waals surface area contributed by atoms with E-state index in [-0.39, 0.29) is 0 Å². The summed E-state index contributed by atoms with van der Waals surface area (Å²) in [6.07, 6.45) is 2.14. The molecule has 0 aliphatic carbocycles. The van der Waals surface area contributed by atoms with Gasteiger partial charge in [0.2, 0.25) is 0 Å². The first-order chi connectivity index (χ1) is 5.77. The summed E-state index contributed by atoms with van der Waals surface area (Å²) in [7, 11) is -4.35. The van der Waals surface area contributed by atoms with Crippen molar-refractivity contribution in [2.45, 2.75) is 38.7 Å². The molecule has 0 aliphatic heterocycles. The van der Waals surface area contributed by atoms with Crippen molar-refractivity contribution in [3.63, 3.8) is 0 Å². The molecule has 0 radical (unpaired) electrons. The van der Waals surface area contributed by atoms with E-state index in [2.05, 4.69) is 4.18 Å². The predicted molar refractivity (Wildman–Crippen MR) is 49.6 cm³/mol. The van der Waals surface area contributed by atoms with Gasteiger partial charge in [0.25, 0.3) is 0 Å². The van der Waals surface area contributed by atoms with Crippen LogP contribution in [0, 0.1) is 0 Å². The van der Waals surface area contributed by atoms with Crippen LogP contribution in [0.25, 0.3) is 0 Å². The van der Waals surface area contributed by atoms with Gasteiger partial charge in [0.15, 0.2) is 0 Å². The Morgan fingerprint density at radius 3 is 2.31 bits per heavy atom. The van der Waals surface area contributed by atoms with E-state index in [1.807, 2.05) is 0 Å². The third-order valence-electron chi connectivity index (χ3n) is 1.56. The molecule has 0 fully saturated rings. The van der Waals surface area contributed by atoms with E-state index >= 15 is 0 Å². The quantitative estimate of drug-likeness (QED) is 0.499. The molecule has 13 heavy (non-hydrogen) atoms. The van der Waals surface area contributed by atoms with Crippen LogP contribution < -0.4 is 5.73 Å². The molecule has 3 N–H and O–H groups in total. The van der Waals surface area contributed by atoms with Crippen molar-refractivity contribution >= 4 is 10.4 Å². The Bertz CT molecular complexity index is 235. The normalized spacial score (nSPS) is 13.2. The Kier molecular flexibility index (Phi) is 4.83. The van der Waals surface area contributed by atoms with Gasteiger partial charge in [-0.2, -0.15) is 8.42 Å². The average Bonchev–Trinajstić information content (AvgIpc) is 1.81. The van der Waals surface area contributed by atoms with Crippen LogP contribution >= 0.6 is 0 Å². The van der Waals surface area contributed by atoms with Crippen molar-refractivity contribution in [3.05, 3.63) is 0 Å². The molecule has 6 heteroatoms. The lowest BCUT2D eigenvalue weighted by Crippen LogP contribution is -2.27. The highest BCUT2D eigenvalue weighted by molar-refractivity contribution is 7.80. The Labute approximate surface area is 79.2 Å². The number of rotatable bonds is 6. The minimum absolute atomic E-state index is 0.546. The Morgan fingerprint density at radius 2 is 1.92 bits per heavy atom. The van der Waals surface area contributed by atoms with Crippen molar-refractivity contribution in [2.75, 3.05) is 6.54 Å². The number of hydrogen-bond donors (Lipinski definition) is 2. The van der Waals surface area contributed by atoms with Crippen LogP contribution in [-0.2, 0) is 14.6 Å². The third kappa shape index (κ3) is 8.17. The first kappa shape index (κ1) is 12.8. The van der Waals surface area contributed by atoms with E-state index in [1.165, 1.54) is 0 Å². The van der Waals surface area contributed by atoms with Gasteiger partial charge in [-0.15, -0.1) is 0 Å². The number of hydrogen-bond acceptors (Lipinski definition) is 4. The first-order valence-corrected chi connectivity index (χ1v) is 5.51. The maximum atomic E-state index is 10.4. The zero-order chi connectivity index (χ0) is 10.5. The maximum Gasteiger partial charge on any atom is 0.397 e. The largest absolute Gasteiger partial charge is 0.397 e. The fourth-order valence-electron chi connectivity index (χ4n) is 1.02. The molecular weight excluding hydrogens is 194 g/mol. The molecule has 0 saturated carbocycles. The summed E-state index contributed by atoms with van der Waals surface area (Å²) in [5.41, 5.74) is 4.42. The van der Waals surface area contributed by atoms with E-state index in [1.54, 1.807) is 13.8 Å². The summed E-state index contributed by atoms with van der Waals surface area (Å²) in [5, 5.41) is 0. The first-order valence-electron chi connectivity index (χ1n) is 4.15. The molecule has 0 aliphatic rings. The fraction of sp³-hybridized carbons (Fsp3) is 1.00. The van der Waals surface area contributed by atoms with Gasteiger partial charge in [-0.1, -0.05) is 0 Å². The van der Waals surface area contributed by atoms with Crippen molar-refractivity contribution in [2.24, 2.45) is 5.73 Å². The van der Waals surface area contributed by atoms with Crippen LogP contribution in [0.1, 0.15) is 33.1 Å². The van der Waals surface area contributed by atoms with Crippen molar-refractivity contribution in [1.82, 2.24) is 0 Å². The number of unbranched alkanes of at least 4 members (excludes halogenated alkanes) is 1. The summed E-state index contributed by atoms with van der Waals surface area (Å²) < 4.78 is 33.7. The zero-order valence-electron chi connectivity index (χ0n) is 7.99. The number of nitrogens with two attached hydrogens (primary N) is 1. The Hall–Kier alpha value is -0.170. The average molecular weight is 211 g/mol. The van der Waals surface area contributed by atoms with E-state index in [4.69, 9.17) is 10.3 Å².